The second kappa shape index (κ2) is 9.15. The number of aromatic nitrogens is 2. The highest BCUT2D eigenvalue weighted by Gasteiger charge is 2.28. The minimum atomic E-state index is -0.864. The van der Waals surface area contributed by atoms with E-state index in [0.29, 0.717) is 12.1 Å². The van der Waals surface area contributed by atoms with Gasteiger partial charge in [-0.3, -0.25) is 14.6 Å². The summed E-state index contributed by atoms with van der Waals surface area (Å²) in [7, 11) is 0. The van der Waals surface area contributed by atoms with Crippen LogP contribution in [0.15, 0.2) is 14.7 Å². The molecule has 10 heteroatoms. The smallest absolute Gasteiger partial charge is 0.408 e. The number of amides is 2. The topological polar surface area (TPSA) is 146 Å². The van der Waals surface area contributed by atoms with Crippen molar-refractivity contribution in [2.24, 2.45) is 11.0 Å². The molecular formula is C17H27N5O5. The quantitative estimate of drug-likeness (QED) is 0.424. The normalized spacial score (nSPS) is 13.9. The molecule has 0 aliphatic carbocycles. The van der Waals surface area contributed by atoms with Gasteiger partial charge in [0.05, 0.1) is 11.8 Å². The Kier molecular flexibility index (Phi) is 7.50. The van der Waals surface area contributed by atoms with Gasteiger partial charge in [-0.15, -0.1) is 0 Å². The Hall–Kier alpha value is -2.91. The highest BCUT2D eigenvalue weighted by Crippen LogP contribution is 2.11. The Labute approximate surface area is 156 Å². The Morgan fingerprint density at radius 1 is 1.26 bits per heavy atom. The van der Waals surface area contributed by atoms with Gasteiger partial charge in [-0.05, 0) is 33.6 Å². The summed E-state index contributed by atoms with van der Waals surface area (Å²) in [5.74, 6) is -0.726. The summed E-state index contributed by atoms with van der Waals surface area (Å²) < 4.78 is 5.18. The Balaban J connectivity index is 2.87. The van der Waals surface area contributed by atoms with E-state index in [1.165, 1.54) is 6.92 Å². The van der Waals surface area contributed by atoms with Gasteiger partial charge in [0.1, 0.15) is 11.6 Å². The third kappa shape index (κ3) is 7.08. The van der Waals surface area contributed by atoms with E-state index in [9.17, 15) is 19.2 Å². The first-order chi connectivity index (χ1) is 12.4. The van der Waals surface area contributed by atoms with Gasteiger partial charge in [-0.1, -0.05) is 20.3 Å². The van der Waals surface area contributed by atoms with Crippen molar-refractivity contribution < 1.29 is 14.3 Å². The maximum atomic E-state index is 12.4. The molecule has 2 atom stereocenters. The van der Waals surface area contributed by atoms with Crippen LogP contribution in [0, 0.1) is 12.8 Å². The molecule has 0 bridgehead atoms. The molecule has 0 saturated heterocycles. The SMILES string of the molecule is CCC(C)[C@H](NC(=O)OC(C)(C)C)C(=O)N/N=C/c1c(C)[nH]c(=O)[nH]c1=O. The highest BCUT2D eigenvalue weighted by molar-refractivity contribution is 5.87. The third-order valence-corrected chi connectivity index (χ3v) is 3.71. The molecule has 0 spiro atoms. The summed E-state index contributed by atoms with van der Waals surface area (Å²) in [6.07, 6.45) is 1.05. The number of aromatic amines is 2. The molecule has 1 aromatic rings. The van der Waals surface area contributed by atoms with Crippen LogP contribution in [0.1, 0.15) is 52.3 Å². The van der Waals surface area contributed by atoms with Crippen LogP contribution in [0.25, 0.3) is 0 Å². The second-order valence-electron chi connectivity index (χ2n) is 7.19. The molecular weight excluding hydrogens is 354 g/mol. The van der Waals surface area contributed by atoms with Gasteiger partial charge in [-0.25, -0.2) is 15.0 Å². The highest BCUT2D eigenvalue weighted by atomic mass is 16.6. The van der Waals surface area contributed by atoms with Crippen molar-refractivity contribution in [3.8, 4) is 0 Å². The fraction of sp³-hybridized carbons (Fsp3) is 0.588. The first-order valence-electron chi connectivity index (χ1n) is 8.60. The van der Waals surface area contributed by atoms with E-state index >= 15 is 0 Å². The van der Waals surface area contributed by atoms with Gasteiger partial charge in [0.15, 0.2) is 0 Å². The fourth-order valence-electron chi connectivity index (χ4n) is 2.13. The van der Waals surface area contributed by atoms with E-state index in [1.54, 1.807) is 20.8 Å². The average Bonchev–Trinajstić information content (AvgIpc) is 2.52. The molecule has 27 heavy (non-hydrogen) atoms. The van der Waals surface area contributed by atoms with Crippen LogP contribution in [0.2, 0.25) is 0 Å². The molecule has 1 aromatic heterocycles. The van der Waals surface area contributed by atoms with Crippen LogP contribution in [0.5, 0.6) is 0 Å². The van der Waals surface area contributed by atoms with Gasteiger partial charge in [0.2, 0.25) is 0 Å². The molecule has 10 nitrogen and oxygen atoms in total. The van der Waals surface area contributed by atoms with Gasteiger partial charge in [0, 0.05) is 5.69 Å². The number of nitrogens with zero attached hydrogens (tertiary/aromatic N) is 1. The van der Waals surface area contributed by atoms with E-state index in [-0.39, 0.29) is 11.5 Å². The number of aryl methyl sites for hydroxylation is 1. The molecule has 0 aromatic carbocycles. The maximum Gasteiger partial charge on any atom is 0.408 e. The maximum absolute atomic E-state index is 12.4. The van der Waals surface area contributed by atoms with E-state index < -0.39 is 34.9 Å². The molecule has 0 radical (unpaired) electrons. The predicted molar refractivity (Wildman–Crippen MR) is 101 cm³/mol. The van der Waals surface area contributed by atoms with Crippen LogP contribution >= 0.6 is 0 Å². The summed E-state index contributed by atoms with van der Waals surface area (Å²) in [4.78, 5) is 51.8. The van der Waals surface area contributed by atoms with Gasteiger partial charge >= 0.3 is 11.8 Å². The van der Waals surface area contributed by atoms with Gasteiger partial charge < -0.3 is 15.0 Å². The zero-order valence-corrected chi connectivity index (χ0v) is 16.4. The molecule has 4 N–H and O–H groups in total. The minimum absolute atomic E-state index is 0.107. The number of nitrogens with one attached hydrogen (secondary N) is 4. The molecule has 1 rings (SSSR count). The van der Waals surface area contributed by atoms with Crippen LogP contribution in [-0.2, 0) is 9.53 Å². The van der Waals surface area contributed by atoms with Crippen molar-refractivity contribution in [2.75, 3.05) is 0 Å². The number of carbonyl (C=O) groups excluding carboxylic acids is 2. The molecule has 1 heterocycles. The molecule has 0 saturated carbocycles. The molecule has 0 aliphatic heterocycles. The number of alkyl carbamates (subject to hydrolysis) is 1. The number of carbonyl (C=O) groups is 2. The van der Waals surface area contributed by atoms with Crippen molar-refractivity contribution in [1.82, 2.24) is 20.7 Å². The number of hydrogen-bond acceptors (Lipinski definition) is 6. The number of rotatable bonds is 6. The Morgan fingerprint density at radius 3 is 2.41 bits per heavy atom. The van der Waals surface area contributed by atoms with E-state index in [1.807, 2.05) is 13.8 Å². The molecule has 0 aliphatic rings. The predicted octanol–water partition coefficient (Wildman–Crippen LogP) is 0.761. The molecule has 2 amide bonds. The second-order valence-corrected chi connectivity index (χ2v) is 7.19. The first-order valence-corrected chi connectivity index (χ1v) is 8.60. The first kappa shape index (κ1) is 22.1. The zero-order valence-electron chi connectivity index (χ0n) is 16.4. The summed E-state index contributed by atoms with van der Waals surface area (Å²) >= 11 is 0. The van der Waals surface area contributed by atoms with Crippen molar-refractivity contribution >= 4 is 18.2 Å². The van der Waals surface area contributed by atoms with Crippen molar-refractivity contribution in [3.05, 3.63) is 32.1 Å². The minimum Gasteiger partial charge on any atom is -0.444 e. The van der Waals surface area contributed by atoms with Crippen molar-refractivity contribution in [3.63, 3.8) is 0 Å². The largest absolute Gasteiger partial charge is 0.444 e. The van der Waals surface area contributed by atoms with Gasteiger partial charge in [0.25, 0.3) is 11.5 Å². The lowest BCUT2D eigenvalue weighted by Gasteiger charge is -2.25. The van der Waals surface area contributed by atoms with Crippen molar-refractivity contribution in [2.45, 2.75) is 59.6 Å². The van der Waals surface area contributed by atoms with Crippen molar-refractivity contribution in [1.29, 1.82) is 0 Å². The summed E-state index contributed by atoms with van der Waals surface area (Å²) in [6.45, 7) is 10.4. The summed E-state index contributed by atoms with van der Waals surface area (Å²) in [5.41, 5.74) is 0.772. The monoisotopic (exact) mass is 381 g/mol. The van der Waals surface area contributed by atoms with E-state index in [4.69, 9.17) is 4.74 Å². The van der Waals surface area contributed by atoms with Crippen LogP contribution in [0.4, 0.5) is 4.79 Å². The van der Waals surface area contributed by atoms with E-state index in [2.05, 4.69) is 25.8 Å². The molecule has 1 unspecified atom stereocenters. The number of H-pyrrole nitrogens is 2. The molecule has 150 valence electrons. The fourth-order valence-corrected chi connectivity index (χ4v) is 2.13. The lowest BCUT2D eigenvalue weighted by atomic mass is 9.99. The lowest BCUT2D eigenvalue weighted by molar-refractivity contribution is -0.124. The zero-order chi connectivity index (χ0) is 20.8. The Morgan fingerprint density at radius 2 is 1.89 bits per heavy atom. The number of ether oxygens (including phenoxy) is 1. The summed E-state index contributed by atoms with van der Waals surface area (Å²) in [5, 5.41) is 6.29. The Bertz CT molecular complexity index is 818. The standard InChI is InChI=1S/C17H27N5O5/c1-7-9(2)12(20-16(26)27-17(4,5)6)14(24)22-18-8-11-10(3)19-15(25)21-13(11)23/h8-9,12H,7H2,1-6H3,(H,20,26)(H,22,24)(H2,19,21,23,25)/b18-8+/t9?,12-/m0/s1. The molecule has 0 fully saturated rings. The number of hydrogen-bond donors (Lipinski definition) is 4. The van der Waals surface area contributed by atoms with Crippen LogP contribution in [-0.4, -0.2) is 39.8 Å². The summed E-state index contributed by atoms with van der Waals surface area (Å²) in [6, 6.07) is -0.864. The third-order valence-electron chi connectivity index (χ3n) is 3.71. The lowest BCUT2D eigenvalue weighted by Crippen LogP contribution is -2.50. The number of hydrazone groups is 1. The van der Waals surface area contributed by atoms with E-state index in [0.717, 1.165) is 6.21 Å². The van der Waals surface area contributed by atoms with Gasteiger partial charge in [-0.2, -0.15) is 5.10 Å². The average molecular weight is 381 g/mol. The van der Waals surface area contributed by atoms with Crippen LogP contribution in [0.3, 0.4) is 0 Å². The van der Waals surface area contributed by atoms with Crippen LogP contribution < -0.4 is 22.0 Å².